The number of nitrogens with zero attached hydrogens (tertiary/aromatic N) is 2. The molecule has 0 saturated heterocycles. The van der Waals surface area contributed by atoms with Gasteiger partial charge in [0.25, 0.3) is 0 Å². The van der Waals surface area contributed by atoms with Gasteiger partial charge in [0.05, 0.1) is 10.7 Å². The van der Waals surface area contributed by atoms with Crippen LogP contribution in [-0.4, -0.2) is 9.97 Å². The number of hydrogen-bond donors (Lipinski definition) is 2. The number of allylic oxidation sites excluding steroid dienone is 2. The molecule has 116 valence electrons. The van der Waals surface area contributed by atoms with Gasteiger partial charge in [-0.2, -0.15) is 0 Å². The van der Waals surface area contributed by atoms with Crippen molar-refractivity contribution in [2.75, 3.05) is 5.32 Å². The van der Waals surface area contributed by atoms with Crippen LogP contribution in [-0.2, 0) is 0 Å². The van der Waals surface area contributed by atoms with Crippen LogP contribution in [0.15, 0.2) is 40.9 Å². The predicted octanol–water partition coefficient (Wildman–Crippen LogP) is 4.89. The van der Waals surface area contributed by atoms with Gasteiger partial charge in [-0.05, 0) is 31.9 Å². The molecule has 4 nitrogen and oxygen atoms in total. The second-order valence-electron chi connectivity index (χ2n) is 4.65. The van der Waals surface area contributed by atoms with E-state index in [-0.39, 0.29) is 0 Å². The Labute approximate surface area is 139 Å². The van der Waals surface area contributed by atoms with Crippen molar-refractivity contribution in [3.05, 3.63) is 52.1 Å². The van der Waals surface area contributed by atoms with Crippen molar-refractivity contribution in [2.24, 2.45) is 5.73 Å². The Kier molecular flexibility index (Phi) is 6.03. The molecular weight excluding hydrogens is 312 g/mol. The molecule has 0 aromatic carbocycles. The van der Waals surface area contributed by atoms with Gasteiger partial charge in [0.2, 0.25) is 0 Å². The molecule has 6 heteroatoms. The molecule has 2 aromatic rings. The minimum atomic E-state index is 0.798. The van der Waals surface area contributed by atoms with Crippen LogP contribution in [0.3, 0.4) is 0 Å². The van der Waals surface area contributed by atoms with Crippen molar-refractivity contribution in [3.63, 3.8) is 0 Å². The Morgan fingerprint density at radius 2 is 2.27 bits per heavy atom. The summed E-state index contributed by atoms with van der Waals surface area (Å²) in [5.74, 6) is 0.798. The molecule has 0 radical (unpaired) electrons. The van der Waals surface area contributed by atoms with Crippen molar-refractivity contribution in [1.29, 1.82) is 0 Å². The first-order chi connectivity index (χ1) is 10.6. The topological polar surface area (TPSA) is 63.8 Å². The van der Waals surface area contributed by atoms with Crippen molar-refractivity contribution in [1.82, 2.24) is 9.97 Å². The van der Waals surface area contributed by atoms with E-state index in [2.05, 4.69) is 22.2 Å². The van der Waals surface area contributed by atoms with E-state index in [1.165, 1.54) is 0 Å². The van der Waals surface area contributed by atoms with E-state index in [9.17, 15) is 0 Å². The summed E-state index contributed by atoms with van der Waals surface area (Å²) >= 11 is 3.10. The number of hydrogen-bond acceptors (Lipinski definition) is 6. The molecule has 3 N–H and O–H groups in total. The van der Waals surface area contributed by atoms with Crippen molar-refractivity contribution < 1.29 is 0 Å². The fourth-order valence-electron chi connectivity index (χ4n) is 1.72. The SMILES string of the molecule is C/C=C(\S/C(N)=C/CC)c1csc(Nc2ccc(C)cn2)n1. The molecular formula is C16H20N4S2. The standard InChI is InChI=1S/C16H20N4S2/c1-4-6-14(17)22-13(5-2)12-10-21-16(19-12)20-15-8-7-11(3)9-18-15/h5-10H,4,17H2,1-3H3,(H,18,19,20)/b13-5-,14-6+. The quantitative estimate of drug-likeness (QED) is 0.788. The maximum absolute atomic E-state index is 5.98. The highest BCUT2D eigenvalue weighted by atomic mass is 32.2. The largest absolute Gasteiger partial charge is 0.394 e. The number of nitrogens with one attached hydrogen (secondary N) is 1. The van der Waals surface area contributed by atoms with Crippen LogP contribution >= 0.6 is 23.1 Å². The lowest BCUT2D eigenvalue weighted by Gasteiger charge is -2.04. The number of thiazole rings is 1. The summed E-state index contributed by atoms with van der Waals surface area (Å²) < 4.78 is 0. The predicted molar refractivity (Wildman–Crippen MR) is 98.2 cm³/mol. The minimum absolute atomic E-state index is 0.798. The van der Waals surface area contributed by atoms with Crippen molar-refractivity contribution >= 4 is 39.0 Å². The number of pyridine rings is 1. The van der Waals surface area contributed by atoms with E-state index < -0.39 is 0 Å². The van der Waals surface area contributed by atoms with Crippen LogP contribution in [0.1, 0.15) is 31.5 Å². The van der Waals surface area contributed by atoms with Crippen LogP contribution < -0.4 is 11.1 Å². The highest BCUT2D eigenvalue weighted by molar-refractivity contribution is 8.11. The van der Waals surface area contributed by atoms with E-state index in [4.69, 9.17) is 5.73 Å². The summed E-state index contributed by atoms with van der Waals surface area (Å²) in [7, 11) is 0. The average Bonchev–Trinajstić information content (AvgIpc) is 2.96. The average molecular weight is 332 g/mol. The zero-order valence-electron chi connectivity index (χ0n) is 13.0. The van der Waals surface area contributed by atoms with Gasteiger partial charge in [0, 0.05) is 16.5 Å². The molecule has 2 rings (SSSR count). The molecule has 0 fully saturated rings. The fraction of sp³-hybridized carbons (Fsp3) is 0.250. The molecule has 0 spiro atoms. The van der Waals surface area contributed by atoms with E-state index in [1.54, 1.807) is 23.1 Å². The van der Waals surface area contributed by atoms with Gasteiger partial charge in [-0.3, -0.25) is 0 Å². The van der Waals surface area contributed by atoms with Gasteiger partial charge in [-0.25, -0.2) is 9.97 Å². The van der Waals surface area contributed by atoms with Gasteiger partial charge >= 0.3 is 0 Å². The molecule has 2 heterocycles. The smallest absolute Gasteiger partial charge is 0.188 e. The Bertz CT molecular complexity index is 672. The number of aromatic nitrogens is 2. The minimum Gasteiger partial charge on any atom is -0.394 e. The van der Waals surface area contributed by atoms with Gasteiger partial charge in [-0.15, -0.1) is 11.3 Å². The van der Waals surface area contributed by atoms with Crippen LogP contribution in [0.2, 0.25) is 0 Å². The first-order valence-corrected chi connectivity index (χ1v) is 8.77. The zero-order chi connectivity index (χ0) is 15.9. The van der Waals surface area contributed by atoms with Gasteiger partial charge < -0.3 is 11.1 Å². The molecule has 0 bridgehead atoms. The third-order valence-corrected chi connectivity index (χ3v) is 4.62. The van der Waals surface area contributed by atoms with Crippen LogP contribution in [0.4, 0.5) is 10.9 Å². The molecule has 2 aromatic heterocycles. The summed E-state index contributed by atoms with van der Waals surface area (Å²) in [6.07, 6.45) is 6.80. The Morgan fingerprint density at radius 3 is 2.91 bits per heavy atom. The van der Waals surface area contributed by atoms with Gasteiger partial charge in [0.1, 0.15) is 5.82 Å². The molecule has 0 aliphatic carbocycles. The molecule has 0 aliphatic rings. The summed E-state index contributed by atoms with van der Waals surface area (Å²) in [5.41, 5.74) is 8.04. The molecule has 0 saturated carbocycles. The Morgan fingerprint density at radius 1 is 1.45 bits per heavy atom. The van der Waals surface area contributed by atoms with Crippen molar-refractivity contribution in [2.45, 2.75) is 27.2 Å². The molecule has 0 unspecified atom stereocenters. The second-order valence-corrected chi connectivity index (χ2v) is 6.63. The summed E-state index contributed by atoms with van der Waals surface area (Å²) in [6, 6.07) is 3.97. The zero-order valence-corrected chi connectivity index (χ0v) is 14.6. The number of rotatable bonds is 6. The van der Waals surface area contributed by atoms with E-state index in [0.717, 1.165) is 38.6 Å². The third-order valence-electron chi connectivity index (χ3n) is 2.80. The van der Waals surface area contributed by atoms with E-state index in [0.29, 0.717) is 0 Å². The Hall–Kier alpha value is -1.79. The lowest BCUT2D eigenvalue weighted by molar-refractivity contribution is 1.20. The number of nitrogens with two attached hydrogens (primary N) is 1. The monoisotopic (exact) mass is 332 g/mol. The second kappa shape index (κ2) is 8.00. The number of thioether (sulfide) groups is 1. The lowest BCUT2D eigenvalue weighted by Crippen LogP contribution is -1.94. The molecule has 0 amide bonds. The third kappa shape index (κ3) is 4.61. The van der Waals surface area contributed by atoms with Crippen molar-refractivity contribution in [3.8, 4) is 0 Å². The number of anilines is 2. The van der Waals surface area contributed by atoms with E-state index >= 15 is 0 Å². The highest BCUT2D eigenvalue weighted by Crippen LogP contribution is 2.33. The summed E-state index contributed by atoms with van der Waals surface area (Å²) in [6.45, 7) is 6.08. The number of aryl methyl sites for hydroxylation is 1. The first-order valence-electron chi connectivity index (χ1n) is 7.07. The van der Waals surface area contributed by atoms with E-state index in [1.807, 2.05) is 49.7 Å². The summed E-state index contributed by atoms with van der Waals surface area (Å²) in [4.78, 5) is 9.99. The van der Waals surface area contributed by atoms with Crippen LogP contribution in [0.5, 0.6) is 0 Å². The highest BCUT2D eigenvalue weighted by Gasteiger charge is 2.09. The molecule has 0 aliphatic heterocycles. The van der Waals surface area contributed by atoms with Crippen LogP contribution in [0, 0.1) is 6.92 Å². The van der Waals surface area contributed by atoms with Crippen LogP contribution in [0.25, 0.3) is 4.91 Å². The molecule has 0 atom stereocenters. The molecule has 22 heavy (non-hydrogen) atoms. The summed E-state index contributed by atoms with van der Waals surface area (Å²) in [5, 5.41) is 6.88. The van der Waals surface area contributed by atoms with Gasteiger partial charge in [-0.1, -0.05) is 36.9 Å². The maximum atomic E-state index is 5.98. The lowest BCUT2D eigenvalue weighted by atomic mass is 10.3. The Balaban J connectivity index is 2.09. The van der Waals surface area contributed by atoms with Gasteiger partial charge in [0.15, 0.2) is 5.13 Å². The maximum Gasteiger partial charge on any atom is 0.188 e. The fourth-order valence-corrected chi connectivity index (χ4v) is 3.35. The normalized spacial score (nSPS) is 12.5. The first kappa shape index (κ1) is 16.6.